The van der Waals surface area contributed by atoms with E-state index in [-0.39, 0.29) is 13.0 Å². The number of carbonyl (C=O) groups is 2. The summed E-state index contributed by atoms with van der Waals surface area (Å²) in [6.45, 7) is 3.73. The third-order valence-electron chi connectivity index (χ3n) is 2.49. The van der Waals surface area contributed by atoms with Crippen LogP contribution in [0.5, 0.6) is 0 Å². The van der Waals surface area contributed by atoms with Gasteiger partial charge in [-0.2, -0.15) is 0 Å². The molecule has 0 fully saturated rings. The maximum absolute atomic E-state index is 11.7. The lowest BCUT2D eigenvalue weighted by Crippen LogP contribution is -2.29. The first kappa shape index (κ1) is 15.0. The molecule has 0 aliphatic carbocycles. The molecule has 0 radical (unpaired) electrons. The summed E-state index contributed by atoms with van der Waals surface area (Å²) < 4.78 is 9.93. The summed E-state index contributed by atoms with van der Waals surface area (Å²) in [5.74, 6) is -0.976. The SMILES string of the molecule is CCOC(=O)C(CC)OC(=O)Cc1cccc(N)c1. The van der Waals surface area contributed by atoms with Crippen molar-refractivity contribution >= 4 is 17.6 Å². The van der Waals surface area contributed by atoms with E-state index in [4.69, 9.17) is 15.2 Å². The van der Waals surface area contributed by atoms with Gasteiger partial charge < -0.3 is 15.2 Å². The van der Waals surface area contributed by atoms with Crippen LogP contribution in [0.3, 0.4) is 0 Å². The van der Waals surface area contributed by atoms with E-state index in [2.05, 4.69) is 0 Å². The quantitative estimate of drug-likeness (QED) is 0.625. The molecular formula is C14H19NO4. The molecule has 5 heteroatoms. The predicted octanol–water partition coefficient (Wildman–Crippen LogP) is 1.70. The largest absolute Gasteiger partial charge is 0.463 e. The molecule has 0 heterocycles. The molecule has 0 aromatic heterocycles. The van der Waals surface area contributed by atoms with Crippen molar-refractivity contribution in [1.29, 1.82) is 0 Å². The Bertz CT molecular complexity index is 445. The minimum Gasteiger partial charge on any atom is -0.463 e. The van der Waals surface area contributed by atoms with E-state index in [1.54, 1.807) is 38.1 Å². The Kier molecular flexibility index (Phi) is 5.85. The van der Waals surface area contributed by atoms with Crippen molar-refractivity contribution in [3.8, 4) is 0 Å². The molecule has 0 aliphatic heterocycles. The number of rotatable bonds is 6. The Morgan fingerprint density at radius 1 is 1.32 bits per heavy atom. The molecule has 0 bridgehead atoms. The van der Waals surface area contributed by atoms with Crippen LogP contribution in [0.15, 0.2) is 24.3 Å². The van der Waals surface area contributed by atoms with Gasteiger partial charge in [0.2, 0.25) is 0 Å². The first-order valence-electron chi connectivity index (χ1n) is 6.27. The highest BCUT2D eigenvalue weighted by molar-refractivity contribution is 5.80. The summed E-state index contributed by atoms with van der Waals surface area (Å²) >= 11 is 0. The molecule has 19 heavy (non-hydrogen) atoms. The van der Waals surface area contributed by atoms with Crippen LogP contribution >= 0.6 is 0 Å². The van der Waals surface area contributed by atoms with Gasteiger partial charge in [0.25, 0.3) is 0 Å². The Labute approximate surface area is 112 Å². The summed E-state index contributed by atoms with van der Waals surface area (Å²) in [6.07, 6.45) is -0.365. The van der Waals surface area contributed by atoms with Crippen molar-refractivity contribution in [2.45, 2.75) is 32.8 Å². The molecule has 0 saturated carbocycles. The van der Waals surface area contributed by atoms with Gasteiger partial charge >= 0.3 is 11.9 Å². The van der Waals surface area contributed by atoms with Gasteiger partial charge in [-0.15, -0.1) is 0 Å². The third-order valence-corrected chi connectivity index (χ3v) is 2.49. The van der Waals surface area contributed by atoms with E-state index >= 15 is 0 Å². The van der Waals surface area contributed by atoms with E-state index in [0.717, 1.165) is 5.56 Å². The molecule has 1 atom stereocenters. The lowest BCUT2D eigenvalue weighted by atomic mass is 10.1. The summed E-state index contributed by atoms with van der Waals surface area (Å²) in [5.41, 5.74) is 6.96. The van der Waals surface area contributed by atoms with Crippen molar-refractivity contribution < 1.29 is 19.1 Å². The van der Waals surface area contributed by atoms with E-state index in [0.29, 0.717) is 12.1 Å². The molecule has 1 unspecified atom stereocenters. The minimum absolute atomic E-state index is 0.0843. The number of benzene rings is 1. The fourth-order valence-electron chi connectivity index (χ4n) is 1.60. The van der Waals surface area contributed by atoms with Crippen molar-refractivity contribution in [2.24, 2.45) is 0 Å². The van der Waals surface area contributed by atoms with Crippen molar-refractivity contribution in [1.82, 2.24) is 0 Å². The zero-order valence-corrected chi connectivity index (χ0v) is 11.2. The number of carbonyl (C=O) groups excluding carboxylic acids is 2. The molecule has 0 spiro atoms. The molecule has 5 nitrogen and oxygen atoms in total. The summed E-state index contributed by atoms with van der Waals surface area (Å²) in [7, 11) is 0. The second kappa shape index (κ2) is 7.41. The average molecular weight is 265 g/mol. The monoisotopic (exact) mass is 265 g/mol. The smallest absolute Gasteiger partial charge is 0.347 e. The van der Waals surface area contributed by atoms with Crippen molar-refractivity contribution in [3.05, 3.63) is 29.8 Å². The molecule has 104 valence electrons. The fourth-order valence-corrected chi connectivity index (χ4v) is 1.60. The van der Waals surface area contributed by atoms with Gasteiger partial charge in [0.1, 0.15) is 0 Å². The van der Waals surface area contributed by atoms with Gasteiger partial charge in [0.15, 0.2) is 6.10 Å². The number of hydrogen-bond donors (Lipinski definition) is 1. The van der Waals surface area contributed by atoms with Gasteiger partial charge in [-0.25, -0.2) is 4.79 Å². The lowest BCUT2D eigenvalue weighted by molar-refractivity contribution is -0.167. The number of hydrogen-bond acceptors (Lipinski definition) is 5. The standard InChI is InChI=1S/C14H19NO4/c1-3-12(14(17)18-4-2)19-13(16)9-10-6-5-7-11(15)8-10/h5-8,12H,3-4,9,15H2,1-2H3. The second-order valence-corrected chi connectivity index (χ2v) is 4.06. The molecular weight excluding hydrogens is 246 g/mol. The van der Waals surface area contributed by atoms with Crippen LogP contribution in [-0.4, -0.2) is 24.6 Å². The minimum atomic E-state index is -0.839. The lowest BCUT2D eigenvalue weighted by Gasteiger charge is -2.14. The highest BCUT2D eigenvalue weighted by Crippen LogP contribution is 2.09. The number of esters is 2. The van der Waals surface area contributed by atoms with Crippen LogP contribution in [0.25, 0.3) is 0 Å². The van der Waals surface area contributed by atoms with Crippen LogP contribution < -0.4 is 5.73 Å². The Hall–Kier alpha value is -2.04. The Morgan fingerprint density at radius 2 is 2.05 bits per heavy atom. The number of ether oxygens (including phenoxy) is 2. The maximum Gasteiger partial charge on any atom is 0.347 e. The zero-order valence-electron chi connectivity index (χ0n) is 11.2. The first-order valence-corrected chi connectivity index (χ1v) is 6.27. The van der Waals surface area contributed by atoms with E-state index in [1.807, 2.05) is 0 Å². The number of anilines is 1. The van der Waals surface area contributed by atoms with Crippen molar-refractivity contribution in [3.63, 3.8) is 0 Å². The van der Waals surface area contributed by atoms with E-state index in [1.165, 1.54) is 0 Å². The van der Waals surface area contributed by atoms with Gasteiger partial charge in [0.05, 0.1) is 13.0 Å². The molecule has 1 rings (SSSR count). The summed E-state index contributed by atoms with van der Waals surface area (Å²) in [6, 6.07) is 6.98. The summed E-state index contributed by atoms with van der Waals surface area (Å²) in [4.78, 5) is 23.2. The zero-order chi connectivity index (χ0) is 14.3. The van der Waals surface area contributed by atoms with Crippen molar-refractivity contribution in [2.75, 3.05) is 12.3 Å². The summed E-state index contributed by atoms with van der Waals surface area (Å²) in [5, 5.41) is 0. The highest BCUT2D eigenvalue weighted by atomic mass is 16.6. The molecule has 0 aliphatic rings. The number of nitrogen functional groups attached to an aromatic ring is 1. The third kappa shape index (κ3) is 4.99. The molecule has 0 amide bonds. The van der Waals surface area contributed by atoms with Crippen LogP contribution in [0.2, 0.25) is 0 Å². The van der Waals surface area contributed by atoms with Crippen LogP contribution in [0, 0.1) is 0 Å². The molecule has 1 aromatic rings. The fraction of sp³-hybridized carbons (Fsp3) is 0.429. The van der Waals surface area contributed by atoms with E-state index in [9.17, 15) is 9.59 Å². The maximum atomic E-state index is 11.7. The van der Waals surface area contributed by atoms with Gasteiger partial charge in [-0.05, 0) is 31.0 Å². The van der Waals surface area contributed by atoms with Crippen LogP contribution in [0.1, 0.15) is 25.8 Å². The highest BCUT2D eigenvalue weighted by Gasteiger charge is 2.22. The molecule has 2 N–H and O–H groups in total. The Balaban J connectivity index is 2.56. The van der Waals surface area contributed by atoms with Gasteiger partial charge in [0, 0.05) is 5.69 Å². The van der Waals surface area contributed by atoms with Gasteiger partial charge in [-0.1, -0.05) is 19.1 Å². The normalized spacial score (nSPS) is 11.7. The molecule has 0 saturated heterocycles. The Morgan fingerprint density at radius 3 is 2.63 bits per heavy atom. The first-order chi connectivity index (χ1) is 9.06. The topological polar surface area (TPSA) is 78.6 Å². The molecule has 1 aromatic carbocycles. The van der Waals surface area contributed by atoms with Gasteiger partial charge in [-0.3, -0.25) is 4.79 Å². The van der Waals surface area contributed by atoms with E-state index < -0.39 is 18.0 Å². The van der Waals surface area contributed by atoms with Crippen LogP contribution in [0.4, 0.5) is 5.69 Å². The van der Waals surface area contributed by atoms with Crippen LogP contribution in [-0.2, 0) is 25.5 Å². The second-order valence-electron chi connectivity index (χ2n) is 4.06. The predicted molar refractivity (Wildman–Crippen MR) is 71.4 cm³/mol. The number of nitrogens with two attached hydrogens (primary N) is 1. The average Bonchev–Trinajstić information content (AvgIpc) is 2.36.